The van der Waals surface area contributed by atoms with Crippen molar-refractivity contribution in [2.24, 2.45) is 11.7 Å². The number of nitrogens with one attached hydrogen (secondary N) is 1. The van der Waals surface area contributed by atoms with Crippen molar-refractivity contribution < 1.29 is 58.9 Å². The number of phenolic OH excluding ortho intramolecular Hbond substituents is 3. The van der Waals surface area contributed by atoms with Gasteiger partial charge in [0.05, 0.1) is 12.7 Å². The fourth-order valence-electron chi connectivity index (χ4n) is 7.30. The van der Waals surface area contributed by atoms with Crippen LogP contribution in [0.1, 0.15) is 42.4 Å². The van der Waals surface area contributed by atoms with Gasteiger partial charge in [-0.25, -0.2) is 4.79 Å². The molecule has 5 rings (SSSR count). The third-order valence-electron chi connectivity index (χ3n) is 10.0. The average Bonchev–Trinajstić information content (AvgIpc) is 3.17. The molecule has 0 unspecified atom stereocenters. The van der Waals surface area contributed by atoms with E-state index in [1.807, 2.05) is 30.3 Å². The van der Waals surface area contributed by atoms with Crippen molar-refractivity contribution in [3.8, 4) is 23.0 Å². The zero-order valence-corrected chi connectivity index (χ0v) is 31.2. The Morgan fingerprint density at radius 1 is 0.964 bits per heavy atom. The normalized spacial score (nSPS) is 25.3. The number of aliphatic hydroxyl groups excluding tert-OH is 1. The van der Waals surface area contributed by atoms with Gasteiger partial charge in [0.1, 0.15) is 31.0 Å². The summed E-state index contributed by atoms with van der Waals surface area (Å²) in [6.45, 7) is -0.0675. The van der Waals surface area contributed by atoms with E-state index in [2.05, 4.69) is 5.32 Å². The quantitative estimate of drug-likeness (QED) is 0.0771. The lowest BCUT2D eigenvalue weighted by molar-refractivity contribution is -0.268. The monoisotopic (exact) mass is 774 g/mol. The molecule has 0 spiro atoms. The van der Waals surface area contributed by atoms with Crippen LogP contribution in [0.4, 0.5) is 0 Å². The average molecular weight is 775 g/mol. The van der Waals surface area contributed by atoms with Gasteiger partial charge in [-0.1, -0.05) is 54.6 Å². The van der Waals surface area contributed by atoms with Gasteiger partial charge in [0, 0.05) is 25.9 Å². The summed E-state index contributed by atoms with van der Waals surface area (Å²) < 4.78 is 24.4. The number of ketones is 2. The number of aryl methyl sites for hydroxylation is 1. The topological polar surface area (TPSA) is 227 Å². The maximum absolute atomic E-state index is 14.0. The number of carbonyl (C=O) groups is 3. The Hall–Kier alpha value is -5.09. The zero-order valence-electron chi connectivity index (χ0n) is 31.2. The van der Waals surface area contributed by atoms with Gasteiger partial charge in [-0.05, 0) is 85.3 Å². The smallest absolute Gasteiger partial charge is 0.336 e. The first-order chi connectivity index (χ1) is 26.9. The van der Waals surface area contributed by atoms with Gasteiger partial charge in [-0.2, -0.15) is 0 Å². The van der Waals surface area contributed by atoms with E-state index >= 15 is 0 Å². The molecule has 0 amide bonds. The fourth-order valence-corrected chi connectivity index (χ4v) is 7.30. The number of ether oxygens (including phenoxy) is 4. The molecular weight excluding hydrogens is 724 g/mol. The first kappa shape index (κ1) is 42.1. The SMILES string of the molecule is CNC[C@@]12C[C@](OCC(=O)/C=C/c3ccc(OCCN)c(O)c3)(C(=O)O)C[C@@H](O)[C@H]1OC[C@@H](CCc1ccccc1)C[C@@H](C(=O)/C=C/c1ccc(O)c(O)c1)O2. The first-order valence-electron chi connectivity index (χ1n) is 18.5. The second-order valence-electron chi connectivity index (χ2n) is 14.3. The lowest BCUT2D eigenvalue weighted by Crippen LogP contribution is -2.69. The number of likely N-dealkylation sites (N-methyl/N-ethyl adjacent to an activating group) is 1. The molecule has 2 fully saturated rings. The van der Waals surface area contributed by atoms with Gasteiger partial charge in [0.15, 0.2) is 40.2 Å². The highest BCUT2D eigenvalue weighted by molar-refractivity contribution is 5.97. The van der Waals surface area contributed by atoms with E-state index in [-0.39, 0.29) is 68.1 Å². The molecule has 56 heavy (non-hydrogen) atoms. The number of rotatable bonds is 17. The summed E-state index contributed by atoms with van der Waals surface area (Å²) in [6.07, 6.45) is 2.55. The van der Waals surface area contributed by atoms with Crippen LogP contribution in [0, 0.1) is 5.92 Å². The lowest BCUT2D eigenvalue weighted by Gasteiger charge is -2.53. The molecule has 8 N–H and O–H groups in total. The van der Waals surface area contributed by atoms with Crippen LogP contribution in [0.2, 0.25) is 0 Å². The van der Waals surface area contributed by atoms with E-state index in [4.69, 9.17) is 24.7 Å². The molecule has 1 saturated heterocycles. The summed E-state index contributed by atoms with van der Waals surface area (Å²) in [4.78, 5) is 40.1. The number of hydrogen-bond acceptors (Lipinski definition) is 13. The van der Waals surface area contributed by atoms with Gasteiger partial charge in [-0.15, -0.1) is 0 Å². The Labute approximate surface area is 325 Å². The highest BCUT2D eigenvalue weighted by Gasteiger charge is 2.61. The molecule has 1 aliphatic carbocycles. The second-order valence-corrected chi connectivity index (χ2v) is 14.3. The largest absolute Gasteiger partial charge is 0.504 e. The number of carboxylic acids is 1. The van der Waals surface area contributed by atoms with E-state index in [0.717, 1.165) is 5.56 Å². The summed E-state index contributed by atoms with van der Waals surface area (Å²) in [5.41, 5.74) is 3.75. The molecule has 3 aromatic rings. The molecule has 2 aliphatic rings. The van der Waals surface area contributed by atoms with Crippen molar-refractivity contribution in [1.82, 2.24) is 5.32 Å². The number of carbonyl (C=O) groups excluding carboxylic acids is 2. The van der Waals surface area contributed by atoms with Crippen molar-refractivity contribution in [3.63, 3.8) is 0 Å². The van der Waals surface area contributed by atoms with Crippen LogP contribution >= 0.6 is 0 Å². The number of aliphatic hydroxyl groups is 1. The molecular formula is C42H50N2O12. The van der Waals surface area contributed by atoms with E-state index in [0.29, 0.717) is 24.0 Å². The minimum Gasteiger partial charge on any atom is -0.504 e. The fraction of sp³-hybridized carbons (Fsp3) is 0.405. The highest BCUT2D eigenvalue weighted by atomic mass is 16.6. The molecule has 1 heterocycles. The summed E-state index contributed by atoms with van der Waals surface area (Å²) >= 11 is 0. The summed E-state index contributed by atoms with van der Waals surface area (Å²) in [5.74, 6) is -3.21. The highest BCUT2D eigenvalue weighted by Crippen LogP contribution is 2.45. The Morgan fingerprint density at radius 3 is 2.36 bits per heavy atom. The van der Waals surface area contributed by atoms with Crippen LogP contribution in [-0.2, 0) is 35.0 Å². The number of aliphatic carboxylic acids is 1. The predicted octanol–water partition coefficient (Wildman–Crippen LogP) is 3.38. The van der Waals surface area contributed by atoms with Gasteiger partial charge >= 0.3 is 5.97 Å². The maximum atomic E-state index is 14.0. The number of benzene rings is 3. The zero-order chi connectivity index (χ0) is 40.3. The second kappa shape index (κ2) is 19.2. The van der Waals surface area contributed by atoms with Crippen LogP contribution < -0.4 is 15.8 Å². The van der Waals surface area contributed by atoms with Crippen molar-refractivity contribution in [1.29, 1.82) is 0 Å². The Bertz CT molecular complexity index is 1880. The lowest BCUT2D eigenvalue weighted by atomic mass is 9.70. The van der Waals surface area contributed by atoms with Crippen LogP contribution in [0.15, 0.2) is 78.9 Å². The van der Waals surface area contributed by atoms with Crippen molar-refractivity contribution in [2.75, 3.05) is 40.0 Å². The standard InChI is InChI=1S/C42H50N2O12/c1-44-26-42-25-41(40(51)52,55-24-31(45)13-9-28-12-16-37(35(49)20-28)53-18-17-43)22-36(50)39(42)54-23-30(8-7-27-5-3-2-4-6-27)21-38(56-42)33(47)15-11-29-10-14-32(46)34(48)19-29/h2-6,9-16,19-20,30,36,38-39,44,46,48-50H,7-8,17-18,21-26,43H2,1H3,(H,51,52)/b13-9+,15-11+/t30-,36+,38-,39+,41-,42-/m0/s1. The number of carboxylic acid groups (broad SMARTS) is 1. The summed E-state index contributed by atoms with van der Waals surface area (Å²) in [7, 11) is 1.62. The number of nitrogens with two attached hydrogens (primary N) is 1. The Balaban J connectivity index is 1.39. The van der Waals surface area contributed by atoms with Crippen LogP contribution in [-0.4, -0.2) is 113 Å². The van der Waals surface area contributed by atoms with Crippen molar-refractivity contribution >= 4 is 29.7 Å². The third kappa shape index (κ3) is 10.6. The maximum Gasteiger partial charge on any atom is 0.336 e. The Morgan fingerprint density at radius 2 is 1.68 bits per heavy atom. The molecule has 300 valence electrons. The summed E-state index contributed by atoms with van der Waals surface area (Å²) in [5, 5.41) is 55.3. The van der Waals surface area contributed by atoms with Crippen molar-refractivity contribution in [2.45, 2.75) is 61.6 Å². The first-order valence-corrected chi connectivity index (χ1v) is 18.5. The van der Waals surface area contributed by atoms with Crippen LogP contribution in [0.25, 0.3) is 12.2 Å². The molecule has 6 atom stereocenters. The molecule has 1 aliphatic heterocycles. The van der Waals surface area contributed by atoms with Gasteiger partial charge in [0.25, 0.3) is 0 Å². The van der Waals surface area contributed by atoms with Crippen molar-refractivity contribution in [3.05, 3.63) is 95.6 Å². The molecule has 14 nitrogen and oxygen atoms in total. The minimum absolute atomic E-state index is 0.0382. The third-order valence-corrected chi connectivity index (χ3v) is 10.0. The van der Waals surface area contributed by atoms with Crippen LogP contribution in [0.5, 0.6) is 23.0 Å². The molecule has 1 saturated carbocycles. The van der Waals surface area contributed by atoms with E-state index < -0.39 is 60.1 Å². The number of hydrogen-bond donors (Lipinski definition) is 7. The van der Waals surface area contributed by atoms with Gasteiger partial charge in [0.2, 0.25) is 0 Å². The van der Waals surface area contributed by atoms with E-state index in [1.54, 1.807) is 13.1 Å². The molecule has 0 bridgehead atoms. The van der Waals surface area contributed by atoms with Crippen LogP contribution in [0.3, 0.4) is 0 Å². The van der Waals surface area contributed by atoms with Gasteiger partial charge in [-0.3, -0.25) is 9.59 Å². The number of phenols is 3. The molecule has 0 aromatic heterocycles. The number of fused-ring (bicyclic) bond motifs is 1. The summed E-state index contributed by atoms with van der Waals surface area (Å²) in [6, 6.07) is 18.5. The Kier molecular flexibility index (Phi) is 14.4. The molecule has 3 aromatic carbocycles. The van der Waals surface area contributed by atoms with E-state index in [9.17, 15) is 39.9 Å². The molecule has 14 heteroatoms. The van der Waals surface area contributed by atoms with Gasteiger partial charge < -0.3 is 55.5 Å². The van der Waals surface area contributed by atoms with E-state index in [1.165, 1.54) is 54.6 Å². The minimum atomic E-state index is -2.11. The molecule has 0 radical (unpaired) electrons. The predicted molar refractivity (Wildman–Crippen MR) is 206 cm³/mol. The number of aromatic hydroxyl groups is 3.